The Kier molecular flexibility index (Phi) is 4.57. The first kappa shape index (κ1) is 15.8. The number of esters is 2. The van der Waals surface area contributed by atoms with Crippen molar-refractivity contribution in [3.8, 4) is 0 Å². The molecule has 5 heteroatoms. The number of fused-ring (bicyclic) bond motifs is 2. The average Bonchev–Trinajstić information content (AvgIpc) is 2.88. The second-order valence-electron chi connectivity index (χ2n) is 5.03. The van der Waals surface area contributed by atoms with Gasteiger partial charge >= 0.3 is 11.9 Å². The normalized spacial score (nSPS) is 29.7. The van der Waals surface area contributed by atoms with Gasteiger partial charge in [0.05, 0.1) is 29.2 Å². The minimum absolute atomic E-state index is 0.246. The Labute approximate surface area is 129 Å². The standard InChI is InChI=1S/C16H19ClO4/c1-4-9-16(17)10-7-8-11(16)13(15(19)21-6-3)12(10)14(18)20-5-2/h4,7-8,10-11H,1,5-6,9H2,2-3H3. The molecule has 2 aliphatic carbocycles. The molecule has 2 bridgehead atoms. The Morgan fingerprint density at radius 2 is 1.62 bits per heavy atom. The number of hydrogen-bond donors (Lipinski definition) is 0. The third-order valence-electron chi connectivity index (χ3n) is 3.89. The highest BCUT2D eigenvalue weighted by Crippen LogP contribution is 2.57. The molecule has 0 radical (unpaired) electrons. The van der Waals surface area contributed by atoms with E-state index < -0.39 is 16.8 Å². The minimum atomic E-state index is -0.758. The van der Waals surface area contributed by atoms with E-state index in [-0.39, 0.29) is 25.0 Å². The molecule has 0 N–H and O–H groups in total. The zero-order chi connectivity index (χ0) is 15.6. The van der Waals surface area contributed by atoms with Crippen LogP contribution in [0.5, 0.6) is 0 Å². The summed E-state index contributed by atoms with van der Waals surface area (Å²) in [6.07, 6.45) is 5.94. The highest BCUT2D eigenvalue weighted by atomic mass is 35.5. The maximum absolute atomic E-state index is 12.2. The Balaban J connectivity index is 2.45. The number of hydrogen-bond acceptors (Lipinski definition) is 4. The second kappa shape index (κ2) is 6.06. The van der Waals surface area contributed by atoms with Gasteiger partial charge in [0.15, 0.2) is 0 Å². The molecule has 0 aliphatic heterocycles. The van der Waals surface area contributed by atoms with Crippen LogP contribution >= 0.6 is 11.6 Å². The molecule has 114 valence electrons. The average molecular weight is 311 g/mol. The molecule has 0 spiro atoms. The molecule has 0 amide bonds. The fraction of sp³-hybridized carbons (Fsp3) is 0.500. The van der Waals surface area contributed by atoms with Gasteiger partial charge < -0.3 is 9.47 Å². The molecule has 2 rings (SSSR count). The summed E-state index contributed by atoms with van der Waals surface area (Å²) in [6, 6.07) is 0. The fourth-order valence-electron chi connectivity index (χ4n) is 3.11. The van der Waals surface area contributed by atoms with Crippen LogP contribution in [0.2, 0.25) is 0 Å². The monoisotopic (exact) mass is 310 g/mol. The molecule has 2 aliphatic rings. The van der Waals surface area contributed by atoms with Crippen molar-refractivity contribution in [3.63, 3.8) is 0 Å². The number of rotatable bonds is 6. The van der Waals surface area contributed by atoms with E-state index in [9.17, 15) is 9.59 Å². The number of allylic oxidation sites excluding steroid dienone is 3. The molecule has 0 heterocycles. The van der Waals surface area contributed by atoms with Crippen LogP contribution in [0.15, 0.2) is 36.0 Å². The van der Waals surface area contributed by atoms with E-state index in [0.717, 1.165) is 0 Å². The molecule has 2 atom stereocenters. The molecule has 21 heavy (non-hydrogen) atoms. The van der Waals surface area contributed by atoms with Crippen molar-refractivity contribution in [2.24, 2.45) is 11.8 Å². The van der Waals surface area contributed by atoms with Crippen LogP contribution in [0.25, 0.3) is 0 Å². The van der Waals surface area contributed by atoms with E-state index in [1.54, 1.807) is 19.9 Å². The Hall–Kier alpha value is -1.55. The summed E-state index contributed by atoms with van der Waals surface area (Å²) in [7, 11) is 0. The number of ether oxygens (including phenoxy) is 2. The lowest BCUT2D eigenvalue weighted by atomic mass is 9.87. The van der Waals surface area contributed by atoms with Crippen LogP contribution in [-0.4, -0.2) is 30.0 Å². The summed E-state index contributed by atoms with van der Waals surface area (Å²) in [5, 5.41) is 0. The van der Waals surface area contributed by atoms with E-state index in [2.05, 4.69) is 6.58 Å². The highest BCUT2D eigenvalue weighted by molar-refractivity contribution is 6.27. The number of alkyl halides is 1. The molecule has 0 saturated carbocycles. The Bertz CT molecular complexity index is 494. The summed E-state index contributed by atoms with van der Waals surface area (Å²) < 4.78 is 10.2. The van der Waals surface area contributed by atoms with Gasteiger partial charge in [-0.25, -0.2) is 9.59 Å². The van der Waals surface area contributed by atoms with Gasteiger partial charge in [-0.15, -0.1) is 18.2 Å². The van der Waals surface area contributed by atoms with Crippen molar-refractivity contribution >= 4 is 23.5 Å². The van der Waals surface area contributed by atoms with Crippen LogP contribution in [-0.2, 0) is 19.1 Å². The van der Waals surface area contributed by atoms with Gasteiger partial charge in [-0.1, -0.05) is 18.2 Å². The first-order chi connectivity index (χ1) is 10.0. The molecule has 0 fully saturated rings. The van der Waals surface area contributed by atoms with Crippen molar-refractivity contribution in [3.05, 3.63) is 36.0 Å². The first-order valence-corrected chi connectivity index (χ1v) is 7.45. The first-order valence-electron chi connectivity index (χ1n) is 7.07. The Morgan fingerprint density at radius 3 is 1.95 bits per heavy atom. The Morgan fingerprint density at radius 1 is 1.19 bits per heavy atom. The molecule has 2 unspecified atom stereocenters. The van der Waals surface area contributed by atoms with Gasteiger partial charge in [-0.2, -0.15) is 0 Å². The number of halogens is 1. The molecular formula is C16H19ClO4. The number of carbonyl (C=O) groups excluding carboxylic acids is 2. The summed E-state index contributed by atoms with van der Waals surface area (Å²) in [4.78, 5) is 23.7. The third kappa shape index (κ3) is 2.42. The van der Waals surface area contributed by atoms with Gasteiger partial charge in [-0.3, -0.25) is 0 Å². The highest BCUT2D eigenvalue weighted by Gasteiger charge is 2.58. The number of carbonyl (C=O) groups is 2. The lowest BCUT2D eigenvalue weighted by Gasteiger charge is -2.27. The molecule has 0 aromatic heterocycles. The molecular weight excluding hydrogens is 292 g/mol. The van der Waals surface area contributed by atoms with Crippen molar-refractivity contribution in [1.29, 1.82) is 0 Å². The van der Waals surface area contributed by atoms with Crippen molar-refractivity contribution < 1.29 is 19.1 Å². The topological polar surface area (TPSA) is 52.6 Å². The summed E-state index contributed by atoms with van der Waals surface area (Å²) >= 11 is 6.72. The van der Waals surface area contributed by atoms with E-state index in [4.69, 9.17) is 21.1 Å². The van der Waals surface area contributed by atoms with Crippen LogP contribution in [0.1, 0.15) is 20.3 Å². The zero-order valence-corrected chi connectivity index (χ0v) is 13.0. The fourth-order valence-corrected chi connectivity index (χ4v) is 3.58. The SMILES string of the molecule is C=CCC1(Cl)C2C=CC1C(C(=O)OCC)=C2C(=O)OCC. The smallest absolute Gasteiger partial charge is 0.335 e. The minimum Gasteiger partial charge on any atom is -0.463 e. The molecule has 0 saturated heterocycles. The molecule has 0 aromatic rings. The van der Waals surface area contributed by atoms with E-state index in [1.165, 1.54) is 0 Å². The van der Waals surface area contributed by atoms with E-state index >= 15 is 0 Å². The van der Waals surface area contributed by atoms with Gasteiger partial charge in [-0.05, 0) is 20.3 Å². The predicted octanol–water partition coefficient (Wildman–Crippen LogP) is 2.78. The zero-order valence-electron chi connectivity index (χ0n) is 12.2. The summed E-state index contributed by atoms with van der Waals surface area (Å²) in [6.45, 7) is 7.66. The molecule has 4 nitrogen and oxygen atoms in total. The lowest BCUT2D eigenvalue weighted by molar-refractivity contribution is -0.142. The van der Waals surface area contributed by atoms with Crippen molar-refractivity contribution in [2.75, 3.05) is 13.2 Å². The van der Waals surface area contributed by atoms with E-state index in [1.807, 2.05) is 12.2 Å². The maximum Gasteiger partial charge on any atom is 0.335 e. The quantitative estimate of drug-likeness (QED) is 0.430. The van der Waals surface area contributed by atoms with Gasteiger partial charge in [0.25, 0.3) is 0 Å². The van der Waals surface area contributed by atoms with Crippen LogP contribution in [0.3, 0.4) is 0 Å². The van der Waals surface area contributed by atoms with Crippen LogP contribution in [0.4, 0.5) is 0 Å². The molecule has 0 aromatic carbocycles. The summed E-state index contributed by atoms with van der Waals surface area (Å²) in [5.41, 5.74) is 0.666. The van der Waals surface area contributed by atoms with E-state index in [0.29, 0.717) is 17.6 Å². The second-order valence-corrected chi connectivity index (χ2v) is 5.73. The maximum atomic E-state index is 12.2. The van der Waals surface area contributed by atoms with Crippen LogP contribution < -0.4 is 0 Å². The van der Waals surface area contributed by atoms with Gasteiger partial charge in [0, 0.05) is 11.8 Å². The van der Waals surface area contributed by atoms with Crippen molar-refractivity contribution in [2.45, 2.75) is 25.1 Å². The van der Waals surface area contributed by atoms with Gasteiger partial charge in [0.1, 0.15) is 0 Å². The van der Waals surface area contributed by atoms with Gasteiger partial charge in [0.2, 0.25) is 0 Å². The lowest BCUT2D eigenvalue weighted by Crippen LogP contribution is -2.31. The third-order valence-corrected chi connectivity index (χ3v) is 4.51. The van der Waals surface area contributed by atoms with Crippen molar-refractivity contribution in [1.82, 2.24) is 0 Å². The largest absolute Gasteiger partial charge is 0.463 e. The predicted molar refractivity (Wildman–Crippen MR) is 79.8 cm³/mol. The summed E-state index contributed by atoms with van der Waals surface area (Å²) in [5.74, 6) is -1.68. The van der Waals surface area contributed by atoms with Crippen LogP contribution in [0, 0.1) is 11.8 Å².